The van der Waals surface area contributed by atoms with Crippen molar-refractivity contribution in [1.82, 2.24) is 42.2 Å². The van der Waals surface area contributed by atoms with Crippen molar-refractivity contribution in [2.24, 2.45) is 47.3 Å². The summed E-state index contributed by atoms with van der Waals surface area (Å²) in [5, 5.41) is 88.3. The van der Waals surface area contributed by atoms with Crippen molar-refractivity contribution >= 4 is 41.4 Å². The van der Waals surface area contributed by atoms with Crippen LogP contribution in [0.25, 0.3) is 0 Å². The first-order chi connectivity index (χ1) is 72.5. The van der Waals surface area contributed by atoms with Crippen LogP contribution in [-0.2, 0) is 78.5 Å². The number of pyridine rings is 1. The molecule has 11 fully saturated rings. The molecule has 0 saturated heterocycles. The summed E-state index contributed by atoms with van der Waals surface area (Å²) in [6.07, 6.45) is 56.8. The maximum absolute atomic E-state index is 12.2. The van der Waals surface area contributed by atoms with Gasteiger partial charge in [-0.3, -0.25) is 38.5 Å². The first kappa shape index (κ1) is 118. The number of hydrogen-bond donors (Lipinski definition) is 14. The molecule has 4 unspecified atom stereocenters. The molecule has 7 aromatic rings. The molecule has 22 nitrogen and oxygen atoms in total. The van der Waals surface area contributed by atoms with Gasteiger partial charge in [0.05, 0.1) is 42.7 Å². The van der Waals surface area contributed by atoms with E-state index in [9.17, 15) is 69.3 Å². The Kier molecular flexibility index (Phi) is 53.2. The van der Waals surface area contributed by atoms with Gasteiger partial charge in [0.1, 0.15) is 0 Å². The highest BCUT2D eigenvalue weighted by Crippen LogP contribution is 2.45. The Bertz CT molecular complexity index is 4590. The highest BCUT2D eigenvalue weighted by molar-refractivity contribution is 5.83. The summed E-state index contributed by atoms with van der Waals surface area (Å²) in [5.74, 6) is 5.33. The predicted octanol–water partition coefficient (Wildman–Crippen LogP) is 20.5. The molecule has 1 heterocycles. The van der Waals surface area contributed by atoms with Gasteiger partial charge >= 0.3 is 0 Å². The molecule has 6 aromatic carbocycles. The SMILES string of the molecule is O=C(CC1CC(Cc2ccccc2)C1)NC1CCC(O)CC1.O=C(CCCCCc1ccccc1)NC1CCC(O)CC1.O=C(CCCCCc1ccccc1)NC1CCC(O)CC1.O=C(CCCCCc1cccnc1)NC1CCC(O)CC1.O=C(NC1CCC(O)CC1)C1CC(Cc2ccccc2)C1.O=C(NC1CCC(O)CC1)C1CC1CCCc1ccccc1.O=C(NC1CCC(O)CC1)C1CC1CCc1ccccc1. The number of amides is 7. The third-order valence-electron chi connectivity index (χ3n) is 33.1. The van der Waals surface area contributed by atoms with E-state index < -0.39 is 0 Å². The van der Waals surface area contributed by atoms with Gasteiger partial charge in [0.15, 0.2) is 0 Å². The molecule has 0 radical (unpaired) electrons. The minimum atomic E-state index is -0.161. The highest BCUT2D eigenvalue weighted by atomic mass is 16.3. The van der Waals surface area contributed by atoms with Gasteiger partial charge in [-0.15, -0.1) is 0 Å². The van der Waals surface area contributed by atoms with Gasteiger partial charge in [0.2, 0.25) is 41.4 Å². The maximum Gasteiger partial charge on any atom is 0.223 e. The summed E-state index contributed by atoms with van der Waals surface area (Å²) >= 11 is 0. The molecule has 18 rings (SSSR count). The van der Waals surface area contributed by atoms with Crippen LogP contribution < -0.4 is 37.2 Å². The second kappa shape index (κ2) is 67.1. The third kappa shape index (κ3) is 48.1. The number of hydrogen-bond acceptors (Lipinski definition) is 15. The number of rotatable bonds is 41. The van der Waals surface area contributed by atoms with E-state index in [0.717, 1.165) is 327 Å². The van der Waals surface area contributed by atoms with Crippen LogP contribution in [0.2, 0.25) is 0 Å². The van der Waals surface area contributed by atoms with Crippen LogP contribution in [-0.4, -0.2) is 167 Å². The van der Waals surface area contributed by atoms with Gasteiger partial charge in [0, 0.05) is 98.1 Å². The van der Waals surface area contributed by atoms with Gasteiger partial charge in [-0.2, -0.15) is 0 Å². The number of aromatic nitrogens is 1. The normalized spacial score (nSPS) is 27.5. The maximum atomic E-state index is 12.2. The van der Waals surface area contributed by atoms with Crippen molar-refractivity contribution < 1.29 is 69.3 Å². The molecule has 11 aliphatic carbocycles. The molecular formula is C127H184N8O14. The Morgan fingerprint density at radius 1 is 0.235 bits per heavy atom. The summed E-state index contributed by atoms with van der Waals surface area (Å²) in [4.78, 5) is 88.4. The minimum absolute atomic E-state index is 0.153. The van der Waals surface area contributed by atoms with Gasteiger partial charge in [-0.05, 0) is 396 Å². The number of benzene rings is 6. The number of aliphatic hydroxyl groups excluding tert-OH is 7. The van der Waals surface area contributed by atoms with Crippen molar-refractivity contribution in [2.75, 3.05) is 0 Å². The molecule has 14 N–H and O–H groups in total. The fourth-order valence-corrected chi connectivity index (χ4v) is 23.3. The first-order valence-corrected chi connectivity index (χ1v) is 58.5. The summed E-state index contributed by atoms with van der Waals surface area (Å²) < 4.78 is 0. The summed E-state index contributed by atoms with van der Waals surface area (Å²) in [5.41, 5.74) is 9.57. The Morgan fingerprint density at radius 3 is 0.812 bits per heavy atom. The lowest BCUT2D eigenvalue weighted by Crippen LogP contribution is -2.45. The van der Waals surface area contributed by atoms with Gasteiger partial charge in [-0.1, -0.05) is 207 Å². The lowest BCUT2D eigenvalue weighted by atomic mass is 9.70. The number of carbonyl (C=O) groups excluding carboxylic acids is 7. The zero-order valence-electron chi connectivity index (χ0n) is 89.6. The largest absolute Gasteiger partial charge is 0.393 e. The van der Waals surface area contributed by atoms with Crippen molar-refractivity contribution in [1.29, 1.82) is 0 Å². The van der Waals surface area contributed by atoms with E-state index in [2.05, 4.69) is 206 Å². The monoisotopic (exact) mass is 2050 g/mol. The van der Waals surface area contributed by atoms with Crippen molar-refractivity contribution in [3.05, 3.63) is 245 Å². The molecule has 1 aromatic heterocycles. The van der Waals surface area contributed by atoms with Crippen LogP contribution in [0.15, 0.2) is 207 Å². The standard InChI is InChI=1S/2C19H27NO2.2C18H25NO2.2C18H27NO2.C17H26N2O2/c21-17-11-9-16(10-12-17)20-19(22)18-13-15(18)8-4-7-14-5-2-1-3-6-14;21-18-8-6-17(7-9-18)20-19(22)13-16-11-15(12-16)10-14-4-2-1-3-5-14;20-17-8-6-16(7-9-17)19-18(21)15-11-14(12-15)10-13-4-2-1-3-5-13;20-16-10-8-15(9-11-16)19-18(21)17-12-14(17)7-6-13-4-2-1-3-5-13;2*20-17-13-11-16(12-14-17)19-18(21)10-6-2-5-9-15-7-3-1-4-8-15;20-16-10-8-15(9-11-16)19-17(21)7-3-1-2-5-14-6-4-12-18-13-14/h1-3,5-6,15-18,21H,4,7-13H2,(H,20,22);1-5,15-18,21H,6-13H2,(H,20,22);2*1-5,14-17,20H,6-12H2,(H,19,21);2*1,3-4,7-8,16-17,20H,2,5-6,9-14H2,(H,19,21);4,6,12-13,15-16,20H,1-3,5,7-11H2,(H,19,21). The number of aliphatic hydroxyl groups is 7. The van der Waals surface area contributed by atoms with Crippen LogP contribution in [0.5, 0.6) is 0 Å². The van der Waals surface area contributed by atoms with Crippen molar-refractivity contribution in [3.63, 3.8) is 0 Å². The lowest BCUT2D eigenvalue weighted by Gasteiger charge is -2.36. The molecular weight excluding hydrogens is 1860 g/mol. The fourth-order valence-electron chi connectivity index (χ4n) is 23.3. The molecule has 0 bridgehead atoms. The second-order valence-corrected chi connectivity index (χ2v) is 45.8. The highest BCUT2D eigenvalue weighted by Gasteiger charge is 2.45. The summed E-state index contributed by atoms with van der Waals surface area (Å²) in [6.45, 7) is 0. The zero-order valence-corrected chi connectivity index (χ0v) is 89.6. The summed E-state index contributed by atoms with van der Waals surface area (Å²) in [7, 11) is 0. The van der Waals surface area contributed by atoms with Gasteiger partial charge in [-0.25, -0.2) is 0 Å². The Hall–Kier alpha value is -9.52. The fraction of sp³-hybridized carbons (Fsp3) is 0.622. The average molecular weight is 2050 g/mol. The summed E-state index contributed by atoms with van der Waals surface area (Å²) in [6, 6.07) is 69.3. The van der Waals surface area contributed by atoms with Crippen molar-refractivity contribution in [3.8, 4) is 0 Å². The predicted molar refractivity (Wildman–Crippen MR) is 593 cm³/mol. The van der Waals surface area contributed by atoms with Crippen LogP contribution in [0.1, 0.15) is 360 Å². The number of aryl methyl sites for hydroxylation is 5. The average Bonchev–Trinajstić information content (AvgIpc) is 1.65. The second-order valence-electron chi connectivity index (χ2n) is 45.8. The van der Waals surface area contributed by atoms with E-state index in [4.69, 9.17) is 0 Å². The van der Waals surface area contributed by atoms with Crippen LogP contribution >= 0.6 is 0 Å². The smallest absolute Gasteiger partial charge is 0.223 e. The molecule has 22 heteroatoms. The number of unbranched alkanes of at least 4 members (excludes halogenated alkanes) is 6. The van der Waals surface area contributed by atoms with E-state index >= 15 is 0 Å². The Balaban J connectivity index is 0.000000154. The zero-order chi connectivity index (χ0) is 105. The van der Waals surface area contributed by atoms with E-state index in [1.807, 2.05) is 36.5 Å². The van der Waals surface area contributed by atoms with E-state index in [-0.39, 0.29) is 138 Å². The molecule has 0 spiro atoms. The van der Waals surface area contributed by atoms with Gasteiger partial charge < -0.3 is 73.0 Å². The quantitative estimate of drug-likeness (QED) is 0.0158. The molecule has 149 heavy (non-hydrogen) atoms. The molecule has 0 aliphatic heterocycles. The molecule has 11 aliphatic rings. The Morgan fingerprint density at radius 2 is 0.497 bits per heavy atom. The lowest BCUT2D eigenvalue weighted by molar-refractivity contribution is -0.130. The van der Waals surface area contributed by atoms with E-state index in [1.54, 1.807) is 6.20 Å². The van der Waals surface area contributed by atoms with Gasteiger partial charge in [0.25, 0.3) is 0 Å². The number of nitrogens with one attached hydrogen (secondary N) is 7. The molecule has 816 valence electrons. The molecule has 11 saturated carbocycles. The van der Waals surface area contributed by atoms with Crippen LogP contribution in [0.4, 0.5) is 0 Å². The third-order valence-corrected chi connectivity index (χ3v) is 33.1. The van der Waals surface area contributed by atoms with Crippen molar-refractivity contribution in [2.45, 2.75) is 451 Å². The van der Waals surface area contributed by atoms with Crippen LogP contribution in [0.3, 0.4) is 0 Å². The van der Waals surface area contributed by atoms with Crippen LogP contribution in [0, 0.1) is 47.3 Å². The number of carbonyl (C=O) groups is 7. The first-order valence-electron chi connectivity index (χ1n) is 58.5. The Labute approximate surface area is 891 Å². The van der Waals surface area contributed by atoms with E-state index in [0.29, 0.717) is 55.4 Å². The topological polar surface area (TPSA) is 358 Å². The molecule has 4 atom stereocenters. The number of nitrogens with zero attached hydrogens (tertiary/aromatic N) is 1. The molecule has 7 amide bonds. The minimum Gasteiger partial charge on any atom is -0.393 e. The van der Waals surface area contributed by atoms with E-state index in [1.165, 1.54) is 58.2 Å².